The van der Waals surface area contributed by atoms with E-state index in [2.05, 4.69) is 0 Å². The van der Waals surface area contributed by atoms with Crippen molar-refractivity contribution in [2.75, 3.05) is 0 Å². The summed E-state index contributed by atoms with van der Waals surface area (Å²) in [5, 5.41) is 0. The van der Waals surface area contributed by atoms with Crippen molar-refractivity contribution >= 4 is 21.4 Å². The minimum absolute atomic E-state index is 0.0306. The molecule has 0 aliphatic heterocycles. The molecule has 0 aliphatic rings. The summed E-state index contributed by atoms with van der Waals surface area (Å²) in [5.41, 5.74) is 5.34. The number of hydrogen-bond acceptors (Lipinski definition) is 4. The van der Waals surface area contributed by atoms with E-state index in [-0.39, 0.29) is 10.8 Å². The first-order chi connectivity index (χ1) is 8.14. The summed E-state index contributed by atoms with van der Waals surface area (Å²) in [6.45, 7) is 1.36. The molecule has 1 heterocycles. The van der Waals surface area contributed by atoms with Crippen molar-refractivity contribution in [2.45, 2.75) is 36.3 Å². The van der Waals surface area contributed by atoms with Crippen LogP contribution in [-0.4, -0.2) is 20.6 Å². The van der Waals surface area contributed by atoms with E-state index in [4.69, 9.17) is 5.73 Å². The summed E-state index contributed by atoms with van der Waals surface area (Å²) in [6, 6.07) is 1.65. The lowest BCUT2D eigenvalue weighted by molar-refractivity contribution is -0.137. The van der Waals surface area contributed by atoms with Gasteiger partial charge in [0.15, 0.2) is 0 Å². The fourth-order valence-corrected chi connectivity index (χ4v) is 3.82. The van der Waals surface area contributed by atoms with Crippen molar-refractivity contribution in [1.82, 2.24) is 4.72 Å². The highest BCUT2D eigenvalue weighted by molar-refractivity contribution is 7.91. The van der Waals surface area contributed by atoms with Crippen LogP contribution in [0.5, 0.6) is 0 Å². The Morgan fingerprint density at radius 2 is 2.06 bits per heavy atom. The maximum absolute atomic E-state index is 12.1. The Kier molecular flexibility index (Phi) is 4.76. The first-order valence-corrected chi connectivity index (χ1v) is 7.32. The Balaban J connectivity index is 2.76. The van der Waals surface area contributed by atoms with Gasteiger partial charge in [0.2, 0.25) is 10.0 Å². The molecule has 0 bridgehead atoms. The van der Waals surface area contributed by atoms with Gasteiger partial charge in [-0.05, 0) is 19.1 Å². The Morgan fingerprint density at radius 3 is 2.50 bits per heavy atom. The highest BCUT2D eigenvalue weighted by Gasteiger charge is 2.32. The highest BCUT2D eigenvalue weighted by Crippen LogP contribution is 2.24. The zero-order valence-corrected chi connectivity index (χ0v) is 11.1. The van der Waals surface area contributed by atoms with Crippen molar-refractivity contribution < 1.29 is 21.6 Å². The van der Waals surface area contributed by atoms with Crippen molar-refractivity contribution in [3.05, 3.63) is 17.0 Å². The first kappa shape index (κ1) is 15.4. The first-order valence-electron chi connectivity index (χ1n) is 5.02. The molecule has 1 rings (SSSR count). The number of nitrogens with one attached hydrogen (secondary N) is 1. The van der Waals surface area contributed by atoms with Crippen LogP contribution < -0.4 is 10.5 Å². The minimum Gasteiger partial charge on any atom is -0.326 e. The molecule has 0 aromatic carbocycles. The Morgan fingerprint density at radius 1 is 1.44 bits per heavy atom. The fraction of sp³-hybridized carbons (Fsp3) is 0.556. The quantitative estimate of drug-likeness (QED) is 0.871. The summed E-state index contributed by atoms with van der Waals surface area (Å²) < 4.78 is 61.7. The largest absolute Gasteiger partial charge is 0.390 e. The van der Waals surface area contributed by atoms with Gasteiger partial charge in [0.05, 0.1) is 6.42 Å². The van der Waals surface area contributed by atoms with Gasteiger partial charge in [0, 0.05) is 17.5 Å². The molecule has 1 unspecified atom stereocenters. The van der Waals surface area contributed by atoms with E-state index in [0.717, 1.165) is 11.3 Å². The summed E-state index contributed by atoms with van der Waals surface area (Å²) >= 11 is 0.943. The van der Waals surface area contributed by atoms with Gasteiger partial charge in [-0.3, -0.25) is 0 Å². The van der Waals surface area contributed by atoms with E-state index in [1.807, 2.05) is 4.72 Å². The zero-order chi connectivity index (χ0) is 14.0. The van der Waals surface area contributed by atoms with Gasteiger partial charge in [0.25, 0.3) is 0 Å². The molecule has 0 saturated heterocycles. The van der Waals surface area contributed by atoms with Gasteiger partial charge < -0.3 is 5.73 Å². The monoisotopic (exact) mass is 302 g/mol. The molecule has 104 valence electrons. The highest BCUT2D eigenvalue weighted by atomic mass is 32.2. The van der Waals surface area contributed by atoms with Crippen LogP contribution in [0.2, 0.25) is 0 Å². The van der Waals surface area contributed by atoms with Crippen LogP contribution in [0, 0.1) is 0 Å². The predicted molar refractivity (Wildman–Crippen MR) is 62.7 cm³/mol. The zero-order valence-electron chi connectivity index (χ0n) is 9.49. The number of sulfonamides is 1. The average Bonchev–Trinajstić information content (AvgIpc) is 2.61. The van der Waals surface area contributed by atoms with Crippen molar-refractivity contribution in [1.29, 1.82) is 0 Å². The predicted octanol–water partition coefficient (Wildman–Crippen LogP) is 1.83. The number of hydrogen-bond donors (Lipinski definition) is 2. The Labute approximate surface area is 107 Å². The van der Waals surface area contributed by atoms with Gasteiger partial charge in [-0.1, -0.05) is 0 Å². The van der Waals surface area contributed by atoms with Crippen LogP contribution in [0.3, 0.4) is 0 Å². The van der Waals surface area contributed by atoms with Crippen LogP contribution >= 0.6 is 11.3 Å². The molecule has 0 saturated carbocycles. The summed E-state index contributed by atoms with van der Waals surface area (Å²) in [7, 11) is -3.91. The van der Waals surface area contributed by atoms with Crippen molar-refractivity contribution in [2.24, 2.45) is 5.73 Å². The smallest absolute Gasteiger partial charge is 0.326 e. The number of halogens is 3. The van der Waals surface area contributed by atoms with Crippen LogP contribution in [-0.2, 0) is 16.6 Å². The minimum atomic E-state index is -4.40. The van der Waals surface area contributed by atoms with E-state index in [1.54, 1.807) is 0 Å². The summed E-state index contributed by atoms with van der Waals surface area (Å²) in [6.07, 6.45) is -5.61. The average molecular weight is 302 g/mol. The van der Waals surface area contributed by atoms with Gasteiger partial charge >= 0.3 is 6.18 Å². The van der Waals surface area contributed by atoms with Gasteiger partial charge in [-0.15, -0.1) is 11.3 Å². The van der Waals surface area contributed by atoms with Crippen LogP contribution in [0.25, 0.3) is 0 Å². The molecule has 3 N–H and O–H groups in total. The van der Waals surface area contributed by atoms with Gasteiger partial charge in [-0.25, -0.2) is 13.1 Å². The molecular weight excluding hydrogens is 289 g/mol. The topological polar surface area (TPSA) is 72.2 Å². The van der Waals surface area contributed by atoms with Crippen LogP contribution in [0.1, 0.15) is 18.2 Å². The third kappa shape index (κ3) is 4.56. The second-order valence-electron chi connectivity index (χ2n) is 3.77. The second-order valence-corrected chi connectivity index (χ2v) is 6.88. The number of nitrogens with two attached hydrogens (primary N) is 1. The second kappa shape index (κ2) is 5.55. The Hall–Kier alpha value is -0.640. The molecule has 0 radical (unpaired) electrons. The lowest BCUT2D eigenvalue weighted by Crippen LogP contribution is -2.35. The van der Waals surface area contributed by atoms with Crippen LogP contribution in [0.4, 0.5) is 13.2 Å². The Bertz CT molecular complexity index is 496. The molecule has 9 heteroatoms. The fourth-order valence-electron chi connectivity index (χ4n) is 1.32. The normalized spacial score (nSPS) is 14.7. The molecule has 18 heavy (non-hydrogen) atoms. The lowest BCUT2D eigenvalue weighted by Gasteiger charge is -2.15. The molecule has 1 aromatic rings. The lowest BCUT2D eigenvalue weighted by atomic mass is 10.2. The van der Waals surface area contributed by atoms with Crippen molar-refractivity contribution in [3.8, 4) is 0 Å². The molecule has 1 atom stereocenters. The molecular formula is C9H13F3N2O2S2. The summed E-state index contributed by atoms with van der Waals surface area (Å²) in [5.74, 6) is 0. The number of rotatable bonds is 5. The standard InChI is InChI=1S/C9H13F3N2O2S2/c1-6(4-9(10,11)12)14-18(15,16)8-3-2-7(5-13)17-8/h2-3,6,14H,4-5,13H2,1H3. The SMILES string of the molecule is CC(CC(F)(F)F)NS(=O)(=O)c1ccc(CN)s1. The molecule has 0 fully saturated rings. The molecule has 4 nitrogen and oxygen atoms in total. The van der Waals surface area contributed by atoms with E-state index < -0.39 is 28.7 Å². The van der Waals surface area contributed by atoms with Crippen molar-refractivity contribution in [3.63, 3.8) is 0 Å². The third-order valence-electron chi connectivity index (χ3n) is 2.00. The molecule has 0 aliphatic carbocycles. The number of thiophene rings is 1. The third-order valence-corrected chi connectivity index (χ3v) is 5.19. The van der Waals surface area contributed by atoms with Crippen LogP contribution in [0.15, 0.2) is 16.3 Å². The molecule has 1 aromatic heterocycles. The maximum Gasteiger partial charge on any atom is 0.390 e. The van der Waals surface area contributed by atoms with E-state index in [0.29, 0.717) is 4.88 Å². The van der Waals surface area contributed by atoms with Gasteiger partial charge in [-0.2, -0.15) is 13.2 Å². The van der Waals surface area contributed by atoms with Gasteiger partial charge in [0.1, 0.15) is 4.21 Å². The summed E-state index contributed by atoms with van der Waals surface area (Å²) in [4.78, 5) is 0.652. The van der Waals surface area contributed by atoms with E-state index in [1.165, 1.54) is 19.1 Å². The maximum atomic E-state index is 12.1. The number of alkyl halides is 3. The van der Waals surface area contributed by atoms with E-state index >= 15 is 0 Å². The molecule has 0 spiro atoms. The molecule has 0 amide bonds. The van der Waals surface area contributed by atoms with E-state index in [9.17, 15) is 21.6 Å².